The summed E-state index contributed by atoms with van der Waals surface area (Å²) in [7, 11) is 0. The third-order valence-corrected chi connectivity index (χ3v) is 10.3. The van der Waals surface area contributed by atoms with Crippen LogP contribution in [0.25, 0.3) is 17.0 Å². The van der Waals surface area contributed by atoms with Gasteiger partial charge in [0.1, 0.15) is 23.7 Å². The van der Waals surface area contributed by atoms with Crippen molar-refractivity contribution in [2.24, 2.45) is 5.92 Å². The fourth-order valence-electron chi connectivity index (χ4n) is 7.22. The fraction of sp³-hybridized carbons (Fsp3) is 0.474. The van der Waals surface area contributed by atoms with Crippen LogP contribution in [0.2, 0.25) is 0 Å². The van der Waals surface area contributed by atoms with Gasteiger partial charge in [0, 0.05) is 24.4 Å². The van der Waals surface area contributed by atoms with Crippen LogP contribution in [-0.4, -0.2) is 76.9 Å². The van der Waals surface area contributed by atoms with E-state index in [0.717, 1.165) is 30.1 Å². The van der Waals surface area contributed by atoms with Crippen molar-refractivity contribution >= 4 is 34.7 Å². The van der Waals surface area contributed by atoms with Crippen LogP contribution in [-0.2, 0) is 9.59 Å². The molecule has 2 aromatic carbocycles. The van der Waals surface area contributed by atoms with Gasteiger partial charge in [-0.1, -0.05) is 36.4 Å². The van der Waals surface area contributed by atoms with Gasteiger partial charge in [0.25, 0.3) is 5.91 Å². The number of carbonyl (C=O) groups excluding carboxylic acids is 3. The van der Waals surface area contributed by atoms with Crippen molar-refractivity contribution in [1.82, 2.24) is 25.4 Å². The average molecular weight is 656 g/mol. The van der Waals surface area contributed by atoms with Crippen LogP contribution in [0, 0.1) is 11.7 Å². The number of hydrogen-bond acceptors (Lipinski definition) is 5. The molecule has 0 spiro atoms. The number of alkyl halides is 1. The Labute approximate surface area is 280 Å². The molecule has 1 aromatic heterocycles. The van der Waals surface area contributed by atoms with Gasteiger partial charge in [-0.2, -0.15) is 0 Å². The van der Waals surface area contributed by atoms with E-state index in [2.05, 4.69) is 50.9 Å². The third-order valence-electron chi connectivity index (χ3n) is 10.3. The molecule has 10 heteroatoms. The van der Waals surface area contributed by atoms with E-state index in [9.17, 15) is 23.2 Å². The van der Waals surface area contributed by atoms with Gasteiger partial charge in [-0.05, 0) is 105 Å². The van der Waals surface area contributed by atoms with E-state index >= 15 is 0 Å². The van der Waals surface area contributed by atoms with E-state index in [1.807, 2.05) is 6.92 Å². The Kier molecular flexibility index (Phi) is 9.27. The zero-order valence-corrected chi connectivity index (χ0v) is 27.3. The second-order valence-corrected chi connectivity index (χ2v) is 14.0. The molecule has 8 nitrogen and oxygen atoms in total. The summed E-state index contributed by atoms with van der Waals surface area (Å²) in [5, 5.41) is 6.19. The van der Waals surface area contributed by atoms with Gasteiger partial charge < -0.3 is 15.5 Å². The van der Waals surface area contributed by atoms with Crippen molar-refractivity contribution in [1.29, 1.82) is 0 Å². The quantitative estimate of drug-likeness (QED) is 0.293. The largest absolute Gasteiger partial charge is 0.348 e. The first kappa shape index (κ1) is 32.4. The minimum Gasteiger partial charge on any atom is -0.348 e. The number of pyridine rings is 1. The predicted octanol–water partition coefficient (Wildman–Crippen LogP) is 5.69. The molecule has 252 valence electrons. The standard InChI is InChI=1S/C38H43F2N5O3/c1-23(32-18-26(9-8-25(32)7-6-24-4-5-24)28-3-2-16-44(21-28)31-12-13-31)42-38(48)35-19-30(40)22-45(35)36(46)20-41-37(47)34-14-10-27-17-29(39)11-15-33(27)43-34/h6-11,14-15,17-18,23-24,28,30-31,35H,2-5,12-13,16,19-22H2,1H3,(H,41,47)(H,42,48)/b7-6+/t23-,28-,30+,35-/m0/s1. The normalized spacial score (nSPS) is 23.8. The van der Waals surface area contributed by atoms with Crippen LogP contribution in [0.5, 0.6) is 0 Å². The molecule has 48 heavy (non-hydrogen) atoms. The number of amides is 3. The Hall–Kier alpha value is -4.18. The summed E-state index contributed by atoms with van der Waals surface area (Å²) in [6.45, 7) is 3.55. The first-order valence-electron chi connectivity index (χ1n) is 17.4. The van der Waals surface area contributed by atoms with Crippen LogP contribution in [0.4, 0.5) is 8.78 Å². The molecule has 4 atom stereocenters. The number of hydrogen-bond donors (Lipinski definition) is 2. The smallest absolute Gasteiger partial charge is 0.270 e. The average Bonchev–Trinajstić information content (AvgIpc) is 4.04. The number of nitrogens with zero attached hydrogens (tertiary/aromatic N) is 3. The topological polar surface area (TPSA) is 94.6 Å². The zero-order chi connectivity index (χ0) is 33.4. The summed E-state index contributed by atoms with van der Waals surface area (Å²) in [6, 6.07) is 13.1. The van der Waals surface area contributed by atoms with Gasteiger partial charge in [-0.3, -0.25) is 19.3 Å². The lowest BCUT2D eigenvalue weighted by Crippen LogP contribution is -2.49. The number of likely N-dealkylation sites (tertiary alicyclic amines) is 2. The van der Waals surface area contributed by atoms with Crippen LogP contribution in [0.15, 0.2) is 54.6 Å². The fourth-order valence-corrected chi connectivity index (χ4v) is 7.22. The summed E-state index contributed by atoms with van der Waals surface area (Å²) >= 11 is 0. The monoisotopic (exact) mass is 655 g/mol. The van der Waals surface area contributed by atoms with E-state index in [4.69, 9.17) is 0 Å². The van der Waals surface area contributed by atoms with Crippen molar-refractivity contribution in [2.45, 2.75) is 82.1 Å². The first-order valence-corrected chi connectivity index (χ1v) is 17.4. The molecular formula is C38H43F2N5O3. The summed E-state index contributed by atoms with van der Waals surface area (Å²) < 4.78 is 28.2. The number of nitrogens with one attached hydrogen (secondary N) is 2. The summed E-state index contributed by atoms with van der Waals surface area (Å²) in [4.78, 5) is 47.8. The second kappa shape index (κ2) is 13.7. The predicted molar refractivity (Wildman–Crippen MR) is 180 cm³/mol. The molecule has 0 bridgehead atoms. The van der Waals surface area contributed by atoms with Gasteiger partial charge in [-0.15, -0.1) is 0 Å². The number of halogens is 2. The first-order chi connectivity index (χ1) is 23.2. The number of piperidine rings is 1. The van der Waals surface area contributed by atoms with Crippen molar-refractivity contribution in [3.63, 3.8) is 0 Å². The van der Waals surface area contributed by atoms with Crippen molar-refractivity contribution in [3.05, 3.63) is 82.8 Å². The highest BCUT2D eigenvalue weighted by atomic mass is 19.1. The van der Waals surface area contributed by atoms with Gasteiger partial charge in [0.15, 0.2) is 0 Å². The van der Waals surface area contributed by atoms with Crippen LogP contribution in [0.3, 0.4) is 0 Å². The number of fused-ring (bicyclic) bond motifs is 1. The lowest BCUT2D eigenvalue weighted by Gasteiger charge is -2.33. The molecule has 2 aliphatic carbocycles. The maximum atomic E-state index is 14.7. The molecule has 4 aliphatic rings. The molecule has 0 unspecified atom stereocenters. The lowest BCUT2D eigenvalue weighted by molar-refractivity contribution is -0.138. The van der Waals surface area contributed by atoms with E-state index in [1.165, 1.54) is 73.4 Å². The highest BCUT2D eigenvalue weighted by Crippen LogP contribution is 2.37. The van der Waals surface area contributed by atoms with Crippen LogP contribution in [0.1, 0.15) is 91.0 Å². The van der Waals surface area contributed by atoms with E-state index in [0.29, 0.717) is 22.7 Å². The van der Waals surface area contributed by atoms with Gasteiger partial charge in [0.05, 0.1) is 24.6 Å². The van der Waals surface area contributed by atoms with Crippen molar-refractivity contribution in [2.75, 3.05) is 26.2 Å². The van der Waals surface area contributed by atoms with Crippen LogP contribution < -0.4 is 10.6 Å². The third kappa shape index (κ3) is 7.43. The van der Waals surface area contributed by atoms with E-state index in [1.54, 1.807) is 6.07 Å². The molecule has 3 aromatic rings. The Morgan fingerprint density at radius 1 is 1.02 bits per heavy atom. The van der Waals surface area contributed by atoms with E-state index in [-0.39, 0.29) is 24.7 Å². The van der Waals surface area contributed by atoms with Gasteiger partial charge in [-0.25, -0.2) is 13.8 Å². The minimum absolute atomic E-state index is 0.0667. The SMILES string of the molecule is C[C@H](NC(=O)[C@@H]1C[C@@H](F)CN1C(=O)CNC(=O)c1ccc2cc(F)ccc2n1)c1cc([C@H]2CCCN(C3CC3)C2)ccc1/C=C/C1CC1. The number of aromatic nitrogens is 1. The molecule has 2 N–H and O–H groups in total. The Morgan fingerprint density at radius 2 is 1.85 bits per heavy atom. The summed E-state index contributed by atoms with van der Waals surface area (Å²) in [5.41, 5.74) is 3.87. The second-order valence-electron chi connectivity index (χ2n) is 14.0. The molecular weight excluding hydrogens is 612 g/mol. The van der Waals surface area contributed by atoms with E-state index < -0.39 is 42.3 Å². The highest BCUT2D eigenvalue weighted by molar-refractivity contribution is 5.97. The number of allylic oxidation sites excluding steroid dienone is 1. The Bertz CT molecular complexity index is 1740. The number of carbonyl (C=O) groups is 3. The van der Waals surface area contributed by atoms with Crippen molar-refractivity contribution in [3.8, 4) is 0 Å². The summed E-state index contributed by atoms with van der Waals surface area (Å²) in [5.74, 6) is -0.909. The minimum atomic E-state index is -1.35. The molecule has 2 aliphatic heterocycles. The van der Waals surface area contributed by atoms with Crippen LogP contribution >= 0.6 is 0 Å². The Balaban J connectivity index is 1.02. The highest BCUT2D eigenvalue weighted by Gasteiger charge is 2.40. The zero-order valence-electron chi connectivity index (χ0n) is 27.3. The molecule has 3 heterocycles. The van der Waals surface area contributed by atoms with Gasteiger partial charge in [0.2, 0.25) is 11.8 Å². The molecule has 3 amide bonds. The van der Waals surface area contributed by atoms with Gasteiger partial charge >= 0.3 is 0 Å². The number of benzene rings is 2. The summed E-state index contributed by atoms with van der Waals surface area (Å²) in [6.07, 6.45) is 10.3. The molecule has 4 fully saturated rings. The van der Waals surface area contributed by atoms with Crippen molar-refractivity contribution < 1.29 is 23.2 Å². The maximum absolute atomic E-state index is 14.7. The molecule has 2 saturated heterocycles. The molecule has 7 rings (SSSR count). The maximum Gasteiger partial charge on any atom is 0.270 e. The lowest BCUT2D eigenvalue weighted by atomic mass is 9.87. The molecule has 2 saturated carbocycles. The Morgan fingerprint density at radius 3 is 2.65 bits per heavy atom. The number of rotatable bonds is 10. The molecule has 0 radical (unpaired) electrons.